The minimum Gasteiger partial charge on any atom is -0.493 e. The monoisotopic (exact) mass is 419 g/mol. The molecular formula is C21H19F2NO4S. The second-order valence-corrected chi connectivity index (χ2v) is 7.96. The molecule has 0 aliphatic carbocycles. The zero-order chi connectivity index (χ0) is 21.0. The zero-order valence-electron chi connectivity index (χ0n) is 15.8. The quantitative estimate of drug-likeness (QED) is 0.570. The normalized spacial score (nSPS) is 11.2. The molecule has 0 heterocycles. The summed E-state index contributed by atoms with van der Waals surface area (Å²) in [5, 5.41) is 0. The van der Waals surface area contributed by atoms with Gasteiger partial charge in [0.15, 0.2) is 11.5 Å². The highest BCUT2D eigenvalue weighted by Gasteiger charge is 2.27. The van der Waals surface area contributed by atoms with Crippen molar-refractivity contribution in [3.63, 3.8) is 0 Å². The summed E-state index contributed by atoms with van der Waals surface area (Å²) in [6.07, 6.45) is 0. The van der Waals surface area contributed by atoms with Gasteiger partial charge in [-0.15, -0.1) is 0 Å². The Balaban J connectivity index is 2.14. The van der Waals surface area contributed by atoms with E-state index in [0.29, 0.717) is 11.5 Å². The van der Waals surface area contributed by atoms with E-state index in [1.807, 2.05) is 0 Å². The van der Waals surface area contributed by atoms with Crippen LogP contribution in [0.1, 0.15) is 5.56 Å². The summed E-state index contributed by atoms with van der Waals surface area (Å²) in [5.41, 5.74) is 0.434. The number of halogens is 2. The average molecular weight is 419 g/mol. The van der Waals surface area contributed by atoms with Gasteiger partial charge in [0, 0.05) is 11.6 Å². The molecule has 0 amide bonds. The van der Waals surface area contributed by atoms with Crippen molar-refractivity contribution >= 4 is 15.7 Å². The van der Waals surface area contributed by atoms with Crippen molar-refractivity contribution in [1.82, 2.24) is 0 Å². The number of nitrogens with zero attached hydrogens (tertiary/aromatic N) is 1. The summed E-state index contributed by atoms with van der Waals surface area (Å²) < 4.78 is 65.7. The predicted octanol–water partition coefficient (Wildman–Crippen LogP) is 4.38. The number of anilines is 1. The van der Waals surface area contributed by atoms with Gasteiger partial charge in [-0.05, 0) is 42.5 Å². The summed E-state index contributed by atoms with van der Waals surface area (Å²) in [7, 11) is -1.24. The molecule has 0 aliphatic rings. The van der Waals surface area contributed by atoms with Gasteiger partial charge >= 0.3 is 0 Å². The van der Waals surface area contributed by atoms with Crippen molar-refractivity contribution in [3.8, 4) is 11.5 Å². The maximum absolute atomic E-state index is 14.3. The van der Waals surface area contributed by atoms with Gasteiger partial charge in [-0.3, -0.25) is 4.31 Å². The third-order valence-corrected chi connectivity index (χ3v) is 6.12. The Kier molecular flexibility index (Phi) is 6.03. The molecule has 0 saturated heterocycles. The molecule has 3 rings (SSSR count). The van der Waals surface area contributed by atoms with Crippen molar-refractivity contribution < 1.29 is 26.7 Å². The molecule has 5 nitrogen and oxygen atoms in total. The van der Waals surface area contributed by atoms with Crippen LogP contribution < -0.4 is 13.8 Å². The number of benzene rings is 3. The second kappa shape index (κ2) is 8.48. The number of hydrogen-bond donors (Lipinski definition) is 0. The Hall–Kier alpha value is -3.13. The highest BCUT2D eigenvalue weighted by molar-refractivity contribution is 7.92. The lowest BCUT2D eigenvalue weighted by atomic mass is 10.2. The summed E-state index contributed by atoms with van der Waals surface area (Å²) in [4.78, 5) is -0.120. The molecule has 0 fully saturated rings. The van der Waals surface area contributed by atoms with Crippen molar-refractivity contribution in [3.05, 3.63) is 83.9 Å². The fraction of sp³-hybridized carbons (Fsp3) is 0.143. The number of methoxy groups -OCH3 is 2. The minimum atomic E-state index is -4.13. The van der Waals surface area contributed by atoms with Crippen LogP contribution in [0.15, 0.2) is 71.6 Å². The molecule has 0 atom stereocenters. The molecule has 0 radical (unpaired) electrons. The summed E-state index contributed by atoms with van der Waals surface area (Å²) >= 11 is 0. The lowest BCUT2D eigenvalue weighted by molar-refractivity contribution is 0.355. The summed E-state index contributed by atoms with van der Waals surface area (Å²) in [6.45, 7) is -0.262. The van der Waals surface area contributed by atoms with Crippen molar-refractivity contribution in [2.45, 2.75) is 11.4 Å². The van der Waals surface area contributed by atoms with Crippen LogP contribution in [0, 0.1) is 11.6 Å². The van der Waals surface area contributed by atoms with E-state index in [4.69, 9.17) is 9.47 Å². The fourth-order valence-electron chi connectivity index (χ4n) is 2.81. The van der Waals surface area contributed by atoms with Crippen LogP contribution in [0.25, 0.3) is 0 Å². The van der Waals surface area contributed by atoms with Crippen LogP contribution in [0.4, 0.5) is 14.5 Å². The standard InChI is InChI=1S/C21H19F2NO4S/c1-27-20-12-9-17(13-21(20)28-2)24(14-15-5-3-4-6-19(15)23)29(25,26)18-10-7-16(22)8-11-18/h3-13H,14H2,1-2H3. The first-order valence-electron chi connectivity index (χ1n) is 8.60. The van der Waals surface area contributed by atoms with Crippen LogP contribution in [-0.4, -0.2) is 22.6 Å². The van der Waals surface area contributed by atoms with Gasteiger partial charge in [0.05, 0.1) is 31.3 Å². The largest absolute Gasteiger partial charge is 0.493 e. The Bertz CT molecular complexity index is 1100. The number of rotatable bonds is 7. The Morgan fingerprint density at radius 1 is 0.862 bits per heavy atom. The predicted molar refractivity (Wildman–Crippen MR) is 106 cm³/mol. The topological polar surface area (TPSA) is 55.8 Å². The smallest absolute Gasteiger partial charge is 0.264 e. The molecule has 3 aromatic carbocycles. The Morgan fingerprint density at radius 2 is 1.52 bits per heavy atom. The van der Waals surface area contributed by atoms with E-state index in [0.717, 1.165) is 16.4 Å². The van der Waals surface area contributed by atoms with Crippen LogP contribution in [0.2, 0.25) is 0 Å². The zero-order valence-corrected chi connectivity index (χ0v) is 16.6. The molecular weight excluding hydrogens is 400 g/mol. The Labute approximate surface area is 168 Å². The van der Waals surface area contributed by atoms with Gasteiger partial charge in [0.25, 0.3) is 10.0 Å². The molecule has 0 spiro atoms. The van der Waals surface area contributed by atoms with Crippen LogP contribution in [-0.2, 0) is 16.6 Å². The molecule has 0 bridgehead atoms. The van der Waals surface area contributed by atoms with Crippen molar-refractivity contribution in [2.75, 3.05) is 18.5 Å². The van der Waals surface area contributed by atoms with Crippen molar-refractivity contribution in [1.29, 1.82) is 0 Å². The van der Waals surface area contributed by atoms with E-state index in [1.54, 1.807) is 12.1 Å². The first-order chi connectivity index (χ1) is 13.9. The lowest BCUT2D eigenvalue weighted by Crippen LogP contribution is -2.31. The molecule has 3 aromatic rings. The molecule has 8 heteroatoms. The molecule has 29 heavy (non-hydrogen) atoms. The second-order valence-electron chi connectivity index (χ2n) is 6.10. The fourth-order valence-corrected chi connectivity index (χ4v) is 4.24. The van der Waals surface area contributed by atoms with E-state index >= 15 is 0 Å². The van der Waals surface area contributed by atoms with E-state index in [2.05, 4.69) is 0 Å². The first kappa shape index (κ1) is 20.6. The molecule has 152 valence electrons. The molecule has 0 saturated carbocycles. The minimum absolute atomic E-state index is 0.120. The van der Waals surface area contributed by atoms with Gasteiger partial charge in [0.1, 0.15) is 11.6 Å². The van der Waals surface area contributed by atoms with E-state index in [-0.39, 0.29) is 22.7 Å². The van der Waals surface area contributed by atoms with Gasteiger partial charge in [-0.2, -0.15) is 0 Å². The maximum atomic E-state index is 14.3. The van der Waals surface area contributed by atoms with Crippen molar-refractivity contribution in [2.24, 2.45) is 0 Å². The number of hydrogen-bond acceptors (Lipinski definition) is 4. The van der Waals surface area contributed by atoms with Crippen LogP contribution in [0.5, 0.6) is 11.5 Å². The number of sulfonamides is 1. The maximum Gasteiger partial charge on any atom is 0.264 e. The number of ether oxygens (including phenoxy) is 2. The third kappa shape index (κ3) is 4.32. The van der Waals surface area contributed by atoms with E-state index in [9.17, 15) is 17.2 Å². The molecule has 0 aromatic heterocycles. The Morgan fingerprint density at radius 3 is 2.14 bits per heavy atom. The van der Waals surface area contributed by atoms with Crippen LogP contribution >= 0.6 is 0 Å². The van der Waals surface area contributed by atoms with Gasteiger partial charge in [-0.1, -0.05) is 18.2 Å². The highest BCUT2D eigenvalue weighted by Crippen LogP contribution is 2.34. The van der Waals surface area contributed by atoms with E-state index in [1.165, 1.54) is 56.7 Å². The SMILES string of the molecule is COc1ccc(N(Cc2ccccc2F)S(=O)(=O)c2ccc(F)cc2)cc1OC. The summed E-state index contributed by atoms with van der Waals surface area (Å²) in [5.74, 6) is -0.359. The lowest BCUT2D eigenvalue weighted by Gasteiger charge is -2.25. The molecule has 0 aliphatic heterocycles. The average Bonchev–Trinajstić information content (AvgIpc) is 2.72. The third-order valence-electron chi connectivity index (χ3n) is 4.33. The molecule has 0 unspecified atom stereocenters. The van der Waals surface area contributed by atoms with Gasteiger partial charge in [0.2, 0.25) is 0 Å². The van der Waals surface area contributed by atoms with Gasteiger partial charge in [-0.25, -0.2) is 17.2 Å². The van der Waals surface area contributed by atoms with Gasteiger partial charge < -0.3 is 9.47 Å². The highest BCUT2D eigenvalue weighted by atomic mass is 32.2. The summed E-state index contributed by atoms with van der Waals surface area (Å²) in [6, 6.07) is 14.9. The molecule has 0 N–H and O–H groups in total. The van der Waals surface area contributed by atoms with E-state index < -0.39 is 21.7 Å². The first-order valence-corrected chi connectivity index (χ1v) is 10.0. The van der Waals surface area contributed by atoms with Crippen LogP contribution in [0.3, 0.4) is 0 Å².